The summed E-state index contributed by atoms with van der Waals surface area (Å²) in [4.78, 5) is 23.3. The Kier molecular flexibility index (Phi) is 3.50. The van der Waals surface area contributed by atoms with Crippen LogP contribution < -0.4 is 10.1 Å². The van der Waals surface area contributed by atoms with Gasteiger partial charge in [-0.15, -0.1) is 5.10 Å². The molecule has 8 nitrogen and oxygen atoms in total. The largest absolute Gasteiger partial charge is 0.466 e. The number of rotatable bonds is 5. The average molecular weight is 286 g/mol. The second kappa shape index (κ2) is 5.61. The van der Waals surface area contributed by atoms with Crippen LogP contribution in [0.4, 0.5) is 5.95 Å². The molecule has 2 aromatic heterocycles. The first-order chi connectivity index (χ1) is 10.2. The van der Waals surface area contributed by atoms with Crippen molar-refractivity contribution in [2.24, 2.45) is 0 Å². The average Bonchev–Trinajstić information content (AvgIpc) is 3.10. The smallest absolute Gasteiger partial charge is 0.336 e. The molecule has 0 aliphatic rings. The molecule has 108 valence electrons. The molecule has 8 heteroatoms. The molecule has 1 aromatic carbocycles. The van der Waals surface area contributed by atoms with Crippen molar-refractivity contribution in [2.75, 3.05) is 12.4 Å². The number of aromatic nitrogens is 5. The SMILES string of the molecule is COc1n[nH]c(NC(=O)CCc2nc3ccccc3[nH]2)n1. The zero-order valence-electron chi connectivity index (χ0n) is 11.4. The Hall–Kier alpha value is -2.90. The maximum Gasteiger partial charge on any atom is 0.336 e. The van der Waals surface area contributed by atoms with Crippen molar-refractivity contribution in [1.82, 2.24) is 25.1 Å². The Morgan fingerprint density at radius 3 is 2.95 bits per heavy atom. The molecule has 0 aliphatic heterocycles. The summed E-state index contributed by atoms with van der Waals surface area (Å²) in [5, 5.41) is 8.92. The highest BCUT2D eigenvalue weighted by molar-refractivity contribution is 5.89. The number of carbonyl (C=O) groups excluding carboxylic acids is 1. The molecule has 1 amide bonds. The van der Waals surface area contributed by atoms with Crippen LogP contribution in [0.5, 0.6) is 6.01 Å². The molecule has 2 heterocycles. The number of para-hydroxylation sites is 2. The fourth-order valence-electron chi connectivity index (χ4n) is 1.94. The third-order valence-corrected chi connectivity index (χ3v) is 2.93. The van der Waals surface area contributed by atoms with E-state index in [0.29, 0.717) is 12.8 Å². The van der Waals surface area contributed by atoms with Crippen molar-refractivity contribution in [3.8, 4) is 6.01 Å². The Bertz CT molecular complexity index is 730. The number of hydrogen-bond donors (Lipinski definition) is 3. The summed E-state index contributed by atoms with van der Waals surface area (Å²) >= 11 is 0. The molecule has 0 atom stereocenters. The lowest BCUT2D eigenvalue weighted by Crippen LogP contribution is -2.13. The summed E-state index contributed by atoms with van der Waals surface area (Å²) in [6, 6.07) is 7.93. The maximum absolute atomic E-state index is 11.8. The first kappa shape index (κ1) is 13.1. The number of H-pyrrole nitrogens is 2. The highest BCUT2D eigenvalue weighted by Gasteiger charge is 2.09. The van der Waals surface area contributed by atoms with Gasteiger partial charge in [0.2, 0.25) is 11.9 Å². The quantitative estimate of drug-likeness (QED) is 0.654. The summed E-state index contributed by atoms with van der Waals surface area (Å²) in [6.07, 6.45) is 0.814. The van der Waals surface area contributed by atoms with Crippen LogP contribution in [-0.4, -0.2) is 38.2 Å². The lowest BCUT2D eigenvalue weighted by molar-refractivity contribution is -0.116. The van der Waals surface area contributed by atoms with Gasteiger partial charge >= 0.3 is 6.01 Å². The summed E-state index contributed by atoms with van der Waals surface area (Å²) in [7, 11) is 1.45. The van der Waals surface area contributed by atoms with Gasteiger partial charge in [0.25, 0.3) is 0 Å². The van der Waals surface area contributed by atoms with E-state index in [9.17, 15) is 4.79 Å². The van der Waals surface area contributed by atoms with E-state index < -0.39 is 0 Å². The van der Waals surface area contributed by atoms with Crippen molar-refractivity contribution in [3.63, 3.8) is 0 Å². The molecule has 0 aliphatic carbocycles. The number of imidazole rings is 1. The summed E-state index contributed by atoms with van der Waals surface area (Å²) in [6.45, 7) is 0. The number of anilines is 1. The van der Waals surface area contributed by atoms with E-state index in [4.69, 9.17) is 4.74 Å². The molecular formula is C13H14N6O2. The molecule has 0 saturated carbocycles. The van der Waals surface area contributed by atoms with E-state index in [-0.39, 0.29) is 17.9 Å². The minimum Gasteiger partial charge on any atom is -0.466 e. The maximum atomic E-state index is 11.8. The fourth-order valence-corrected chi connectivity index (χ4v) is 1.94. The van der Waals surface area contributed by atoms with Gasteiger partial charge in [0, 0.05) is 12.8 Å². The molecule has 21 heavy (non-hydrogen) atoms. The Labute approximate surface area is 120 Å². The second-order valence-electron chi connectivity index (χ2n) is 4.42. The molecule has 0 saturated heterocycles. The van der Waals surface area contributed by atoms with Crippen LogP contribution in [0, 0.1) is 0 Å². The van der Waals surface area contributed by atoms with Crippen LogP contribution in [0.25, 0.3) is 11.0 Å². The molecule has 0 bridgehead atoms. The van der Waals surface area contributed by atoms with Gasteiger partial charge in [-0.2, -0.15) is 4.98 Å². The normalized spacial score (nSPS) is 10.7. The van der Waals surface area contributed by atoms with Crippen LogP contribution in [0.1, 0.15) is 12.2 Å². The van der Waals surface area contributed by atoms with Crippen LogP contribution in [0.15, 0.2) is 24.3 Å². The van der Waals surface area contributed by atoms with Gasteiger partial charge in [-0.25, -0.2) is 10.1 Å². The minimum absolute atomic E-state index is 0.172. The number of ether oxygens (including phenoxy) is 1. The Balaban J connectivity index is 1.57. The number of methoxy groups -OCH3 is 1. The van der Waals surface area contributed by atoms with E-state index in [1.54, 1.807) is 0 Å². The van der Waals surface area contributed by atoms with E-state index >= 15 is 0 Å². The topological polar surface area (TPSA) is 109 Å². The second-order valence-corrected chi connectivity index (χ2v) is 4.42. The van der Waals surface area contributed by atoms with Crippen molar-refractivity contribution >= 4 is 22.9 Å². The number of benzene rings is 1. The van der Waals surface area contributed by atoms with Gasteiger partial charge in [0.15, 0.2) is 0 Å². The fraction of sp³-hybridized carbons (Fsp3) is 0.231. The molecule has 0 unspecified atom stereocenters. The van der Waals surface area contributed by atoms with Crippen LogP contribution in [-0.2, 0) is 11.2 Å². The number of aromatic amines is 2. The third-order valence-electron chi connectivity index (χ3n) is 2.93. The lowest BCUT2D eigenvalue weighted by atomic mass is 10.3. The van der Waals surface area contributed by atoms with E-state index in [2.05, 4.69) is 30.5 Å². The van der Waals surface area contributed by atoms with Crippen LogP contribution in [0.2, 0.25) is 0 Å². The lowest BCUT2D eigenvalue weighted by Gasteiger charge is -1.99. The van der Waals surface area contributed by atoms with Crippen molar-refractivity contribution in [2.45, 2.75) is 12.8 Å². The molecule has 3 aromatic rings. The molecule has 3 rings (SSSR count). The molecule has 0 fully saturated rings. The number of carbonyl (C=O) groups is 1. The van der Waals surface area contributed by atoms with Crippen molar-refractivity contribution in [3.05, 3.63) is 30.1 Å². The predicted molar refractivity (Wildman–Crippen MR) is 76.0 cm³/mol. The van der Waals surface area contributed by atoms with Crippen molar-refractivity contribution in [1.29, 1.82) is 0 Å². The minimum atomic E-state index is -0.172. The first-order valence-electron chi connectivity index (χ1n) is 6.44. The van der Waals surface area contributed by atoms with Gasteiger partial charge < -0.3 is 9.72 Å². The van der Waals surface area contributed by atoms with Gasteiger partial charge in [0.05, 0.1) is 18.1 Å². The number of aryl methyl sites for hydroxylation is 1. The Morgan fingerprint density at radius 2 is 2.19 bits per heavy atom. The first-order valence-corrected chi connectivity index (χ1v) is 6.44. The van der Waals surface area contributed by atoms with Gasteiger partial charge in [-0.05, 0) is 12.1 Å². The number of amides is 1. The molecule has 0 spiro atoms. The summed E-state index contributed by atoms with van der Waals surface area (Å²) in [5.41, 5.74) is 1.86. The van der Waals surface area contributed by atoms with Gasteiger partial charge in [0.1, 0.15) is 5.82 Å². The molecule has 0 radical (unpaired) electrons. The third kappa shape index (κ3) is 2.99. The number of nitrogens with zero attached hydrogens (tertiary/aromatic N) is 3. The van der Waals surface area contributed by atoms with Crippen LogP contribution in [0.3, 0.4) is 0 Å². The van der Waals surface area contributed by atoms with Gasteiger partial charge in [-0.3, -0.25) is 10.1 Å². The summed E-state index contributed by atoms with van der Waals surface area (Å²) < 4.78 is 4.82. The number of nitrogens with one attached hydrogen (secondary N) is 3. The molecular weight excluding hydrogens is 272 g/mol. The van der Waals surface area contributed by atoms with E-state index in [1.807, 2.05) is 24.3 Å². The highest BCUT2D eigenvalue weighted by atomic mass is 16.5. The number of fused-ring (bicyclic) bond motifs is 1. The summed E-state index contributed by atoms with van der Waals surface area (Å²) in [5.74, 6) is 0.872. The predicted octanol–water partition coefficient (Wildman–Crippen LogP) is 1.26. The highest BCUT2D eigenvalue weighted by Crippen LogP contribution is 2.11. The zero-order chi connectivity index (χ0) is 14.7. The van der Waals surface area contributed by atoms with Gasteiger partial charge in [-0.1, -0.05) is 12.1 Å². The monoisotopic (exact) mass is 286 g/mol. The standard InChI is InChI=1S/C13H14N6O2/c1-21-13-17-12(18-19-13)16-11(20)7-6-10-14-8-4-2-3-5-9(8)15-10/h2-5H,6-7H2,1H3,(H,14,15)(H2,16,17,18,19,20). The Morgan fingerprint density at radius 1 is 1.33 bits per heavy atom. The molecule has 3 N–H and O–H groups in total. The van der Waals surface area contributed by atoms with Crippen molar-refractivity contribution < 1.29 is 9.53 Å². The van der Waals surface area contributed by atoms with Crippen LogP contribution >= 0.6 is 0 Å². The van der Waals surface area contributed by atoms with E-state index in [1.165, 1.54) is 7.11 Å². The number of hydrogen-bond acceptors (Lipinski definition) is 5. The van der Waals surface area contributed by atoms with E-state index in [0.717, 1.165) is 16.9 Å². The zero-order valence-corrected chi connectivity index (χ0v) is 11.4.